The summed E-state index contributed by atoms with van der Waals surface area (Å²) in [5.74, 6) is 1.55. The van der Waals surface area contributed by atoms with Gasteiger partial charge in [0, 0.05) is 24.3 Å². The molecule has 5 nitrogen and oxygen atoms in total. The number of para-hydroxylation sites is 1. The molecule has 0 aliphatic carbocycles. The van der Waals surface area contributed by atoms with Crippen LogP contribution in [0.2, 0.25) is 0 Å². The van der Waals surface area contributed by atoms with Crippen molar-refractivity contribution in [2.75, 3.05) is 5.75 Å². The number of thioether (sulfide) groups is 1. The predicted molar refractivity (Wildman–Crippen MR) is 129 cm³/mol. The molecular weight excluding hydrogens is 416 g/mol. The van der Waals surface area contributed by atoms with Crippen molar-refractivity contribution in [1.29, 1.82) is 0 Å². The molecule has 1 aromatic heterocycles. The fraction of sp³-hybridized carbons (Fsp3) is 0.192. The number of nitrogens with zero attached hydrogens (tertiary/aromatic N) is 3. The lowest BCUT2D eigenvalue weighted by atomic mass is 9.98. The summed E-state index contributed by atoms with van der Waals surface area (Å²) in [4.78, 5) is 12.8. The first kappa shape index (κ1) is 21.8. The third kappa shape index (κ3) is 5.26. The fourth-order valence-electron chi connectivity index (χ4n) is 3.58. The highest BCUT2D eigenvalue weighted by atomic mass is 32.2. The minimum absolute atomic E-state index is 0.0108. The molecule has 32 heavy (non-hydrogen) atoms. The summed E-state index contributed by atoms with van der Waals surface area (Å²) < 4.78 is 2.07. The highest BCUT2D eigenvalue weighted by molar-refractivity contribution is 7.99. The molecule has 4 aromatic rings. The van der Waals surface area contributed by atoms with Crippen molar-refractivity contribution in [2.45, 2.75) is 31.0 Å². The topological polar surface area (TPSA) is 59.8 Å². The first-order chi connectivity index (χ1) is 15.8. The quantitative estimate of drug-likeness (QED) is 0.361. The number of rotatable bonds is 9. The Bertz CT molecular complexity index is 1090. The van der Waals surface area contributed by atoms with E-state index in [1.54, 1.807) is 11.8 Å². The lowest BCUT2D eigenvalue weighted by molar-refractivity contribution is -0.121. The Hall–Kier alpha value is -3.38. The molecule has 6 heteroatoms. The van der Waals surface area contributed by atoms with Gasteiger partial charge in [-0.1, -0.05) is 97.5 Å². The van der Waals surface area contributed by atoms with Gasteiger partial charge in [0.2, 0.25) is 5.91 Å². The lowest BCUT2D eigenvalue weighted by Crippen LogP contribution is -2.29. The molecule has 0 unspecified atom stereocenters. The average molecular weight is 443 g/mol. The van der Waals surface area contributed by atoms with Crippen LogP contribution in [0.4, 0.5) is 0 Å². The van der Waals surface area contributed by atoms with Crippen LogP contribution >= 0.6 is 11.8 Å². The van der Waals surface area contributed by atoms with Crippen molar-refractivity contribution in [3.63, 3.8) is 0 Å². The summed E-state index contributed by atoms with van der Waals surface area (Å²) in [6.45, 7) is 2.07. The molecule has 3 aromatic carbocycles. The number of aryl methyl sites for hydroxylation is 1. The maximum Gasteiger partial charge on any atom is 0.221 e. The van der Waals surface area contributed by atoms with Gasteiger partial charge in [-0.25, -0.2) is 0 Å². The summed E-state index contributed by atoms with van der Waals surface area (Å²) in [5.41, 5.74) is 3.17. The molecule has 1 heterocycles. The van der Waals surface area contributed by atoms with E-state index in [2.05, 4.69) is 27.0 Å². The molecule has 0 radical (unpaired) electrons. The Morgan fingerprint density at radius 1 is 0.875 bits per heavy atom. The Balaban J connectivity index is 1.43. The zero-order valence-electron chi connectivity index (χ0n) is 18.0. The van der Waals surface area contributed by atoms with Crippen LogP contribution in [0, 0.1) is 0 Å². The van der Waals surface area contributed by atoms with Crippen molar-refractivity contribution in [1.82, 2.24) is 20.1 Å². The lowest BCUT2D eigenvalue weighted by Gasteiger charge is -2.20. The number of amides is 1. The van der Waals surface area contributed by atoms with E-state index in [-0.39, 0.29) is 11.9 Å². The molecule has 1 N–H and O–H groups in total. The third-order valence-electron chi connectivity index (χ3n) is 5.16. The standard InChI is InChI=1S/C26H26N4OS/c1-2-23-28-29-26(30(23)22-16-10-5-11-17-22)32-19-18-24(31)27-25(20-12-6-3-7-13-20)21-14-8-4-9-15-21/h3-17,25H,2,18-19H2,1H3,(H,27,31). The highest BCUT2D eigenvalue weighted by Gasteiger charge is 2.17. The van der Waals surface area contributed by atoms with Gasteiger partial charge in [0.25, 0.3) is 0 Å². The molecule has 0 bridgehead atoms. The number of nitrogens with one attached hydrogen (secondary N) is 1. The molecule has 0 aliphatic heterocycles. The van der Waals surface area contributed by atoms with Gasteiger partial charge in [-0.3, -0.25) is 9.36 Å². The summed E-state index contributed by atoms with van der Waals surface area (Å²) in [6, 6.07) is 30.0. The smallest absolute Gasteiger partial charge is 0.221 e. The van der Waals surface area contributed by atoms with Crippen LogP contribution in [0.1, 0.15) is 36.3 Å². The van der Waals surface area contributed by atoms with E-state index in [0.717, 1.165) is 34.2 Å². The van der Waals surface area contributed by atoms with Gasteiger partial charge < -0.3 is 5.32 Å². The van der Waals surface area contributed by atoms with Gasteiger partial charge in [-0.05, 0) is 23.3 Å². The van der Waals surface area contributed by atoms with Crippen LogP contribution < -0.4 is 5.32 Å². The molecular formula is C26H26N4OS. The maximum atomic E-state index is 12.8. The van der Waals surface area contributed by atoms with Crippen molar-refractivity contribution in [2.24, 2.45) is 0 Å². The molecule has 0 saturated heterocycles. The maximum absolute atomic E-state index is 12.8. The molecule has 0 spiro atoms. The van der Waals surface area contributed by atoms with Gasteiger partial charge in [0.1, 0.15) is 5.82 Å². The van der Waals surface area contributed by atoms with Crippen molar-refractivity contribution in [3.8, 4) is 5.69 Å². The van der Waals surface area contributed by atoms with E-state index in [0.29, 0.717) is 12.2 Å². The molecule has 1 amide bonds. The van der Waals surface area contributed by atoms with Crippen LogP contribution in [-0.4, -0.2) is 26.4 Å². The minimum atomic E-state index is -0.172. The molecule has 4 rings (SSSR count). The monoisotopic (exact) mass is 442 g/mol. The Morgan fingerprint density at radius 3 is 2.00 bits per heavy atom. The first-order valence-electron chi connectivity index (χ1n) is 10.8. The zero-order valence-corrected chi connectivity index (χ0v) is 18.8. The Morgan fingerprint density at radius 2 is 1.44 bits per heavy atom. The van der Waals surface area contributed by atoms with Gasteiger partial charge >= 0.3 is 0 Å². The first-order valence-corrected chi connectivity index (χ1v) is 11.8. The van der Waals surface area contributed by atoms with E-state index < -0.39 is 0 Å². The number of carbonyl (C=O) groups is 1. The van der Waals surface area contributed by atoms with Gasteiger partial charge in [0.05, 0.1) is 6.04 Å². The van der Waals surface area contributed by atoms with Crippen LogP contribution in [-0.2, 0) is 11.2 Å². The number of benzene rings is 3. The SMILES string of the molecule is CCc1nnc(SCCC(=O)NC(c2ccccc2)c2ccccc2)n1-c1ccccc1. The van der Waals surface area contributed by atoms with E-state index in [9.17, 15) is 4.79 Å². The fourth-order valence-corrected chi connectivity index (χ4v) is 4.49. The predicted octanol–water partition coefficient (Wildman–Crippen LogP) is 5.22. The third-order valence-corrected chi connectivity index (χ3v) is 6.09. The molecule has 0 atom stereocenters. The van der Waals surface area contributed by atoms with Crippen LogP contribution in [0.3, 0.4) is 0 Å². The average Bonchev–Trinajstić information content (AvgIpc) is 3.27. The van der Waals surface area contributed by atoms with Gasteiger partial charge in [-0.2, -0.15) is 0 Å². The molecule has 0 fully saturated rings. The van der Waals surface area contributed by atoms with Crippen molar-refractivity contribution in [3.05, 3.63) is 108 Å². The number of aromatic nitrogens is 3. The normalized spacial score (nSPS) is 10.9. The number of hydrogen-bond acceptors (Lipinski definition) is 4. The molecule has 0 saturated carbocycles. The van der Waals surface area contributed by atoms with E-state index in [4.69, 9.17) is 0 Å². The van der Waals surface area contributed by atoms with E-state index in [1.807, 2.05) is 91.0 Å². The molecule has 162 valence electrons. The van der Waals surface area contributed by atoms with E-state index >= 15 is 0 Å². The Labute approximate surface area is 192 Å². The van der Waals surface area contributed by atoms with Gasteiger partial charge in [0.15, 0.2) is 5.16 Å². The summed E-state index contributed by atoms with van der Waals surface area (Å²) >= 11 is 1.55. The van der Waals surface area contributed by atoms with Crippen molar-refractivity contribution >= 4 is 17.7 Å². The second kappa shape index (κ2) is 10.8. The number of hydrogen-bond donors (Lipinski definition) is 1. The van der Waals surface area contributed by atoms with Crippen molar-refractivity contribution < 1.29 is 4.79 Å². The van der Waals surface area contributed by atoms with E-state index in [1.165, 1.54) is 0 Å². The Kier molecular flexibility index (Phi) is 7.35. The summed E-state index contributed by atoms with van der Waals surface area (Å²) in [7, 11) is 0. The highest BCUT2D eigenvalue weighted by Crippen LogP contribution is 2.24. The zero-order chi connectivity index (χ0) is 22.2. The summed E-state index contributed by atoms with van der Waals surface area (Å²) in [6.07, 6.45) is 1.18. The minimum Gasteiger partial charge on any atom is -0.345 e. The van der Waals surface area contributed by atoms with Gasteiger partial charge in [-0.15, -0.1) is 10.2 Å². The van der Waals surface area contributed by atoms with Crippen LogP contribution in [0.15, 0.2) is 96.2 Å². The summed E-state index contributed by atoms with van der Waals surface area (Å²) in [5, 5.41) is 12.7. The molecule has 0 aliphatic rings. The number of carbonyl (C=O) groups excluding carboxylic acids is 1. The van der Waals surface area contributed by atoms with Crippen LogP contribution in [0.5, 0.6) is 0 Å². The van der Waals surface area contributed by atoms with Crippen LogP contribution in [0.25, 0.3) is 5.69 Å². The second-order valence-corrected chi connectivity index (χ2v) is 8.41. The largest absolute Gasteiger partial charge is 0.345 e. The second-order valence-electron chi connectivity index (χ2n) is 7.34.